The van der Waals surface area contributed by atoms with Crippen molar-refractivity contribution in [1.82, 2.24) is 4.98 Å². The molecule has 0 saturated carbocycles. The molecule has 2 aromatic carbocycles. The van der Waals surface area contributed by atoms with Crippen molar-refractivity contribution in [2.75, 3.05) is 5.32 Å². The monoisotopic (exact) mass is 360 g/mol. The van der Waals surface area contributed by atoms with E-state index in [1.54, 1.807) is 0 Å². The summed E-state index contributed by atoms with van der Waals surface area (Å²) in [6.45, 7) is 0. The second-order valence-corrected chi connectivity index (χ2v) is 5.41. The molecule has 0 atom stereocenters. The van der Waals surface area contributed by atoms with E-state index in [-0.39, 0.29) is 22.5 Å². The number of halogens is 4. The predicted octanol–water partition coefficient (Wildman–Crippen LogP) is 5.16. The maximum atomic E-state index is 13.7. The molecule has 0 saturated heterocycles. The minimum Gasteiger partial charge on any atom is -0.320 e. The van der Waals surface area contributed by atoms with E-state index < -0.39 is 23.5 Å². The molecule has 7 heteroatoms. The molecule has 0 spiro atoms. The number of carbonyl (C=O) groups excluding carboxylic acids is 1. The van der Waals surface area contributed by atoms with E-state index in [1.165, 1.54) is 48.7 Å². The third kappa shape index (κ3) is 3.72. The van der Waals surface area contributed by atoms with E-state index in [0.29, 0.717) is 0 Å². The van der Waals surface area contributed by atoms with E-state index >= 15 is 0 Å². The smallest absolute Gasteiger partial charge is 0.320 e. The number of nitrogens with zero attached hydrogens (tertiary/aromatic N) is 1. The van der Waals surface area contributed by atoms with Crippen LogP contribution in [0.15, 0.2) is 66.9 Å². The van der Waals surface area contributed by atoms with Crippen LogP contribution in [0.2, 0.25) is 0 Å². The minimum atomic E-state index is -4.50. The molecule has 0 aliphatic carbocycles. The lowest BCUT2D eigenvalue weighted by molar-refractivity contribution is -0.137. The van der Waals surface area contributed by atoms with Crippen LogP contribution in [0.1, 0.15) is 15.9 Å². The fourth-order valence-corrected chi connectivity index (χ4v) is 2.41. The van der Waals surface area contributed by atoms with Crippen LogP contribution in [0, 0.1) is 5.82 Å². The number of hydrogen-bond donors (Lipinski definition) is 1. The summed E-state index contributed by atoms with van der Waals surface area (Å²) in [7, 11) is 0. The molecule has 3 nitrogen and oxygen atoms in total. The van der Waals surface area contributed by atoms with Gasteiger partial charge in [0, 0.05) is 11.8 Å². The first-order valence-corrected chi connectivity index (χ1v) is 7.55. The highest BCUT2D eigenvalue weighted by Gasteiger charge is 2.30. The van der Waals surface area contributed by atoms with Crippen molar-refractivity contribution < 1.29 is 22.4 Å². The molecule has 0 unspecified atom stereocenters. The maximum absolute atomic E-state index is 13.7. The van der Waals surface area contributed by atoms with Gasteiger partial charge in [0.15, 0.2) is 0 Å². The van der Waals surface area contributed by atoms with Gasteiger partial charge < -0.3 is 5.32 Å². The first-order valence-electron chi connectivity index (χ1n) is 7.55. The van der Waals surface area contributed by atoms with Gasteiger partial charge in [0.05, 0.1) is 22.5 Å². The first-order chi connectivity index (χ1) is 12.4. The van der Waals surface area contributed by atoms with Crippen LogP contribution in [0.3, 0.4) is 0 Å². The molecule has 3 rings (SSSR count). The van der Waals surface area contributed by atoms with Crippen molar-refractivity contribution >= 4 is 11.6 Å². The van der Waals surface area contributed by atoms with Gasteiger partial charge >= 0.3 is 6.18 Å². The van der Waals surface area contributed by atoms with Crippen LogP contribution in [0.5, 0.6) is 0 Å². The largest absolute Gasteiger partial charge is 0.416 e. The Labute approximate surface area is 146 Å². The SMILES string of the molecule is O=C(Nc1cccnc1-c1cccc(C(F)(F)F)c1)c1ccccc1F. The molecule has 1 amide bonds. The highest BCUT2D eigenvalue weighted by molar-refractivity contribution is 6.06. The van der Waals surface area contributed by atoms with Crippen molar-refractivity contribution in [1.29, 1.82) is 0 Å². The summed E-state index contributed by atoms with van der Waals surface area (Å²) in [5.74, 6) is -1.42. The Morgan fingerprint density at radius 2 is 1.73 bits per heavy atom. The molecule has 0 aliphatic rings. The maximum Gasteiger partial charge on any atom is 0.416 e. The van der Waals surface area contributed by atoms with Crippen LogP contribution in [-0.4, -0.2) is 10.9 Å². The van der Waals surface area contributed by atoms with Gasteiger partial charge in [-0.2, -0.15) is 13.2 Å². The molecule has 0 aliphatic heterocycles. The summed E-state index contributed by atoms with van der Waals surface area (Å²) in [5.41, 5.74) is -0.481. The Morgan fingerprint density at radius 1 is 0.962 bits per heavy atom. The van der Waals surface area contributed by atoms with Gasteiger partial charge in [-0.1, -0.05) is 24.3 Å². The lowest BCUT2D eigenvalue weighted by Gasteiger charge is -2.12. The molecule has 1 aromatic heterocycles. The molecule has 0 fully saturated rings. The zero-order valence-corrected chi connectivity index (χ0v) is 13.2. The summed E-state index contributed by atoms with van der Waals surface area (Å²) in [4.78, 5) is 16.4. The van der Waals surface area contributed by atoms with Gasteiger partial charge in [0.2, 0.25) is 0 Å². The number of hydrogen-bond acceptors (Lipinski definition) is 2. The lowest BCUT2D eigenvalue weighted by atomic mass is 10.1. The Balaban J connectivity index is 1.97. The molecule has 0 radical (unpaired) electrons. The second-order valence-electron chi connectivity index (χ2n) is 5.41. The molecule has 0 bridgehead atoms. The van der Waals surface area contributed by atoms with Crippen LogP contribution in [0.25, 0.3) is 11.3 Å². The van der Waals surface area contributed by atoms with Crippen molar-refractivity contribution in [3.05, 3.63) is 83.8 Å². The number of anilines is 1. The zero-order chi connectivity index (χ0) is 18.7. The molecule has 3 aromatic rings. The normalized spacial score (nSPS) is 11.2. The van der Waals surface area contributed by atoms with Gasteiger partial charge in [-0.3, -0.25) is 9.78 Å². The lowest BCUT2D eigenvalue weighted by Crippen LogP contribution is -2.14. The second kappa shape index (κ2) is 6.95. The summed E-state index contributed by atoms with van der Waals surface area (Å²) < 4.78 is 52.5. The Morgan fingerprint density at radius 3 is 2.46 bits per heavy atom. The fraction of sp³-hybridized carbons (Fsp3) is 0.0526. The summed E-state index contributed by atoms with van der Waals surface area (Å²) in [5, 5.41) is 2.50. The summed E-state index contributed by atoms with van der Waals surface area (Å²) in [6, 6.07) is 13.0. The van der Waals surface area contributed by atoms with Crippen molar-refractivity contribution in [3.63, 3.8) is 0 Å². The topological polar surface area (TPSA) is 42.0 Å². The van der Waals surface area contributed by atoms with E-state index in [1.807, 2.05) is 0 Å². The zero-order valence-electron chi connectivity index (χ0n) is 13.2. The molecular formula is C19H12F4N2O. The molecule has 1 N–H and O–H groups in total. The fourth-order valence-electron chi connectivity index (χ4n) is 2.41. The number of aromatic nitrogens is 1. The van der Waals surface area contributed by atoms with E-state index in [4.69, 9.17) is 0 Å². The van der Waals surface area contributed by atoms with Gasteiger partial charge in [0.25, 0.3) is 5.91 Å². The third-order valence-electron chi connectivity index (χ3n) is 3.64. The average Bonchev–Trinajstić information content (AvgIpc) is 2.62. The minimum absolute atomic E-state index is 0.156. The highest BCUT2D eigenvalue weighted by Crippen LogP contribution is 2.33. The Kier molecular flexibility index (Phi) is 4.71. The van der Waals surface area contributed by atoms with Crippen LogP contribution < -0.4 is 5.32 Å². The van der Waals surface area contributed by atoms with Crippen LogP contribution in [0.4, 0.5) is 23.2 Å². The summed E-state index contributed by atoms with van der Waals surface area (Å²) in [6.07, 6.45) is -3.10. The van der Waals surface area contributed by atoms with Crippen LogP contribution in [-0.2, 0) is 6.18 Å². The number of pyridine rings is 1. The van der Waals surface area contributed by atoms with E-state index in [0.717, 1.165) is 18.2 Å². The van der Waals surface area contributed by atoms with Gasteiger partial charge in [0.1, 0.15) is 5.82 Å². The van der Waals surface area contributed by atoms with E-state index in [2.05, 4.69) is 10.3 Å². The predicted molar refractivity (Wildman–Crippen MR) is 89.0 cm³/mol. The number of rotatable bonds is 3. The number of amides is 1. The first kappa shape index (κ1) is 17.6. The number of alkyl halides is 3. The Hall–Kier alpha value is -3.22. The average molecular weight is 360 g/mol. The van der Waals surface area contributed by atoms with Crippen LogP contribution >= 0.6 is 0 Å². The summed E-state index contributed by atoms with van der Waals surface area (Å²) >= 11 is 0. The van der Waals surface area contributed by atoms with Gasteiger partial charge in [-0.25, -0.2) is 4.39 Å². The quantitative estimate of drug-likeness (QED) is 0.656. The van der Waals surface area contributed by atoms with Crippen molar-refractivity contribution in [2.24, 2.45) is 0 Å². The highest BCUT2D eigenvalue weighted by atomic mass is 19.4. The standard InChI is InChI=1S/C19H12F4N2O/c20-15-8-2-1-7-14(15)18(26)25-16-9-4-10-24-17(16)12-5-3-6-13(11-12)19(21,22)23/h1-11H,(H,25,26). The Bertz CT molecular complexity index is 954. The number of benzene rings is 2. The van der Waals surface area contributed by atoms with Crippen molar-refractivity contribution in [3.8, 4) is 11.3 Å². The molecule has 1 heterocycles. The number of nitrogens with one attached hydrogen (secondary N) is 1. The molecular weight excluding hydrogens is 348 g/mol. The van der Waals surface area contributed by atoms with Gasteiger partial charge in [-0.15, -0.1) is 0 Å². The van der Waals surface area contributed by atoms with Gasteiger partial charge in [-0.05, 0) is 36.4 Å². The number of carbonyl (C=O) groups is 1. The van der Waals surface area contributed by atoms with Crippen molar-refractivity contribution in [2.45, 2.75) is 6.18 Å². The third-order valence-corrected chi connectivity index (χ3v) is 3.64. The van der Waals surface area contributed by atoms with E-state index in [9.17, 15) is 22.4 Å². The molecule has 26 heavy (non-hydrogen) atoms. The molecule has 132 valence electrons.